The lowest BCUT2D eigenvalue weighted by Gasteiger charge is -2.17. The number of hydrogen-bond acceptors (Lipinski definition) is 8. The van der Waals surface area contributed by atoms with Gasteiger partial charge in [-0.3, -0.25) is 4.79 Å². The maximum absolute atomic E-state index is 13.0. The van der Waals surface area contributed by atoms with Crippen molar-refractivity contribution < 1.29 is 37.4 Å². The van der Waals surface area contributed by atoms with Crippen molar-refractivity contribution in [3.8, 4) is 22.6 Å². The van der Waals surface area contributed by atoms with Crippen molar-refractivity contribution in [2.45, 2.75) is 17.4 Å². The van der Waals surface area contributed by atoms with Crippen molar-refractivity contribution in [3.05, 3.63) is 77.9 Å². The molecular weight excluding hydrogens is 512 g/mol. The first-order valence-corrected chi connectivity index (χ1v) is 13.2. The number of carbonyl (C=O) groups is 2. The van der Waals surface area contributed by atoms with Gasteiger partial charge in [-0.05, 0) is 35.4 Å². The molecule has 0 radical (unpaired) electrons. The quantitative estimate of drug-likeness (QED) is 0.279. The number of hydrogen-bond donors (Lipinski definition) is 2. The maximum atomic E-state index is 13.0. The van der Waals surface area contributed by atoms with Gasteiger partial charge in [0, 0.05) is 18.2 Å². The zero-order valence-electron chi connectivity index (χ0n) is 21.3. The predicted octanol–water partition coefficient (Wildman–Crippen LogP) is 2.94. The van der Waals surface area contributed by atoms with Gasteiger partial charge in [0.15, 0.2) is 15.5 Å². The van der Waals surface area contributed by atoms with Crippen LogP contribution in [0.2, 0.25) is 0 Å². The second kappa shape index (κ2) is 12.2. The number of nitrogens with zero attached hydrogens (tertiary/aromatic N) is 1. The monoisotopic (exact) mass is 540 g/mol. The molecule has 0 fully saturated rings. The SMILES string of the molecule is CON=C(C(=O)N[C@@H](Cc1ccc(-c2c(OC)cccc2OC)cc1)C(=O)O)c1ccc(S(C)(=O)=O)cc1. The molecule has 0 saturated heterocycles. The molecule has 0 spiro atoms. The van der Waals surface area contributed by atoms with E-state index in [2.05, 4.69) is 10.5 Å². The van der Waals surface area contributed by atoms with E-state index in [1.54, 1.807) is 26.4 Å². The summed E-state index contributed by atoms with van der Waals surface area (Å²) in [6.45, 7) is 0. The largest absolute Gasteiger partial charge is 0.496 e. The first kappa shape index (κ1) is 28.2. The molecule has 1 amide bonds. The third-order valence-electron chi connectivity index (χ3n) is 5.67. The Kier molecular flexibility index (Phi) is 9.08. The highest BCUT2D eigenvalue weighted by molar-refractivity contribution is 7.90. The molecule has 1 atom stereocenters. The van der Waals surface area contributed by atoms with Crippen LogP contribution in [0.25, 0.3) is 11.1 Å². The summed E-state index contributed by atoms with van der Waals surface area (Å²) in [6, 6.07) is 16.8. The highest BCUT2D eigenvalue weighted by atomic mass is 32.2. The molecule has 0 heterocycles. The van der Waals surface area contributed by atoms with Crippen molar-refractivity contribution in [2.24, 2.45) is 5.16 Å². The van der Waals surface area contributed by atoms with Crippen molar-refractivity contribution in [1.82, 2.24) is 5.32 Å². The van der Waals surface area contributed by atoms with Gasteiger partial charge in [0.05, 0.1) is 24.7 Å². The average molecular weight is 541 g/mol. The molecule has 0 aliphatic carbocycles. The van der Waals surface area contributed by atoms with Crippen LogP contribution in [0.3, 0.4) is 0 Å². The molecule has 0 bridgehead atoms. The van der Waals surface area contributed by atoms with E-state index in [4.69, 9.17) is 14.3 Å². The molecule has 0 unspecified atom stereocenters. The first-order chi connectivity index (χ1) is 18.1. The zero-order valence-corrected chi connectivity index (χ0v) is 22.1. The van der Waals surface area contributed by atoms with E-state index >= 15 is 0 Å². The van der Waals surface area contributed by atoms with E-state index in [1.807, 2.05) is 30.3 Å². The Morgan fingerprint density at radius 1 is 0.921 bits per heavy atom. The average Bonchev–Trinajstić information content (AvgIpc) is 2.90. The Morgan fingerprint density at radius 2 is 1.50 bits per heavy atom. The van der Waals surface area contributed by atoms with Crippen LogP contribution in [-0.2, 0) is 30.7 Å². The number of nitrogens with one attached hydrogen (secondary N) is 1. The molecule has 11 heteroatoms. The van der Waals surface area contributed by atoms with Gasteiger partial charge in [0.2, 0.25) is 0 Å². The van der Waals surface area contributed by atoms with Crippen LogP contribution < -0.4 is 14.8 Å². The van der Waals surface area contributed by atoms with Crippen LogP contribution in [0.15, 0.2) is 76.8 Å². The lowest BCUT2D eigenvalue weighted by atomic mass is 9.99. The number of aliphatic carboxylic acids is 1. The normalized spacial score (nSPS) is 12.4. The summed E-state index contributed by atoms with van der Waals surface area (Å²) in [5.41, 5.74) is 2.30. The molecule has 3 aromatic rings. The second-order valence-electron chi connectivity index (χ2n) is 8.22. The Balaban J connectivity index is 1.81. The Labute approximate surface area is 220 Å². The highest BCUT2D eigenvalue weighted by Crippen LogP contribution is 2.38. The number of amides is 1. The summed E-state index contributed by atoms with van der Waals surface area (Å²) in [5.74, 6) is -0.774. The van der Waals surface area contributed by atoms with Crippen molar-refractivity contribution in [2.75, 3.05) is 27.6 Å². The molecule has 200 valence electrons. The van der Waals surface area contributed by atoms with E-state index in [-0.39, 0.29) is 22.6 Å². The maximum Gasteiger partial charge on any atom is 0.326 e. The van der Waals surface area contributed by atoms with Gasteiger partial charge in [-0.15, -0.1) is 0 Å². The van der Waals surface area contributed by atoms with E-state index in [0.29, 0.717) is 17.1 Å². The standard InChI is InChI=1S/C27H28N2O8S/c1-35-22-6-5-7-23(36-2)24(22)18-10-8-17(9-11-18)16-21(27(31)32)28-26(30)25(29-37-3)19-12-14-20(15-13-19)38(4,33)34/h5-15,21H,16H2,1-4H3,(H,28,30)(H,31,32)/t21-/m0/s1. The Morgan fingerprint density at radius 3 is 1.97 bits per heavy atom. The van der Waals surface area contributed by atoms with E-state index in [1.165, 1.54) is 31.4 Å². The van der Waals surface area contributed by atoms with Crippen LogP contribution >= 0.6 is 0 Å². The summed E-state index contributed by atoms with van der Waals surface area (Å²) >= 11 is 0. The number of carboxylic acids is 1. The molecule has 0 aliphatic rings. The molecule has 0 aromatic heterocycles. The molecular formula is C27H28N2O8S. The molecule has 3 rings (SSSR count). The minimum absolute atomic E-state index is 0.00229. The zero-order chi connectivity index (χ0) is 27.9. The van der Waals surface area contributed by atoms with Gasteiger partial charge < -0.3 is 24.7 Å². The third-order valence-corrected chi connectivity index (χ3v) is 6.80. The van der Waals surface area contributed by atoms with Crippen molar-refractivity contribution in [1.29, 1.82) is 0 Å². The van der Waals surface area contributed by atoms with E-state index in [0.717, 1.165) is 17.4 Å². The molecule has 10 nitrogen and oxygen atoms in total. The number of rotatable bonds is 11. The number of carboxylic acid groups (broad SMARTS) is 1. The fourth-order valence-electron chi connectivity index (χ4n) is 3.78. The molecule has 0 saturated carbocycles. The molecule has 38 heavy (non-hydrogen) atoms. The summed E-state index contributed by atoms with van der Waals surface area (Å²) in [7, 11) is 0.933. The number of benzene rings is 3. The number of oxime groups is 1. The van der Waals surface area contributed by atoms with Crippen LogP contribution in [0, 0.1) is 0 Å². The number of methoxy groups -OCH3 is 2. The Hall–Kier alpha value is -4.38. The van der Waals surface area contributed by atoms with Gasteiger partial charge >= 0.3 is 5.97 Å². The van der Waals surface area contributed by atoms with Gasteiger partial charge in [0.25, 0.3) is 5.91 Å². The van der Waals surface area contributed by atoms with Crippen molar-refractivity contribution in [3.63, 3.8) is 0 Å². The fraction of sp³-hybridized carbons (Fsp3) is 0.222. The molecule has 0 aliphatic heterocycles. The van der Waals surface area contributed by atoms with Crippen LogP contribution in [0.4, 0.5) is 0 Å². The lowest BCUT2D eigenvalue weighted by molar-refractivity contribution is -0.141. The minimum Gasteiger partial charge on any atom is -0.496 e. The second-order valence-corrected chi connectivity index (χ2v) is 10.2. The number of ether oxygens (including phenoxy) is 2. The minimum atomic E-state index is -3.43. The fourth-order valence-corrected chi connectivity index (χ4v) is 4.41. The summed E-state index contributed by atoms with van der Waals surface area (Å²) < 4.78 is 34.4. The summed E-state index contributed by atoms with van der Waals surface area (Å²) in [6.07, 6.45) is 1.06. The van der Waals surface area contributed by atoms with Gasteiger partial charge in [0.1, 0.15) is 24.7 Å². The molecule has 2 N–H and O–H groups in total. The number of sulfone groups is 1. The third kappa shape index (κ3) is 6.68. The van der Waals surface area contributed by atoms with Gasteiger partial charge in [-0.1, -0.05) is 47.6 Å². The summed E-state index contributed by atoms with van der Waals surface area (Å²) in [4.78, 5) is 29.8. The van der Waals surface area contributed by atoms with Crippen LogP contribution in [-0.4, -0.2) is 64.7 Å². The lowest BCUT2D eigenvalue weighted by Crippen LogP contribution is -2.45. The Bertz CT molecular complexity index is 1410. The van der Waals surface area contributed by atoms with E-state index < -0.39 is 27.8 Å². The molecule has 3 aromatic carbocycles. The van der Waals surface area contributed by atoms with E-state index in [9.17, 15) is 23.1 Å². The predicted molar refractivity (Wildman–Crippen MR) is 141 cm³/mol. The summed E-state index contributed by atoms with van der Waals surface area (Å²) in [5, 5.41) is 16.0. The topological polar surface area (TPSA) is 141 Å². The van der Waals surface area contributed by atoms with Gasteiger partial charge in [-0.25, -0.2) is 13.2 Å². The van der Waals surface area contributed by atoms with Crippen LogP contribution in [0.1, 0.15) is 11.1 Å². The van der Waals surface area contributed by atoms with Gasteiger partial charge in [-0.2, -0.15) is 0 Å². The number of carbonyl (C=O) groups excluding carboxylic acids is 1. The smallest absolute Gasteiger partial charge is 0.326 e. The van der Waals surface area contributed by atoms with Crippen LogP contribution in [0.5, 0.6) is 11.5 Å². The first-order valence-electron chi connectivity index (χ1n) is 11.3. The highest BCUT2D eigenvalue weighted by Gasteiger charge is 2.25. The van der Waals surface area contributed by atoms with Crippen molar-refractivity contribution >= 4 is 27.4 Å².